The van der Waals surface area contributed by atoms with E-state index in [1.807, 2.05) is 0 Å². The minimum atomic E-state index is -1.06. The van der Waals surface area contributed by atoms with Gasteiger partial charge in [0.25, 0.3) is 11.8 Å². The van der Waals surface area contributed by atoms with Crippen LogP contribution in [0.1, 0.15) is 19.3 Å². The van der Waals surface area contributed by atoms with Crippen molar-refractivity contribution >= 4 is 29.1 Å². The summed E-state index contributed by atoms with van der Waals surface area (Å²) < 4.78 is 5.11. The summed E-state index contributed by atoms with van der Waals surface area (Å²) in [6, 6.07) is 5.83. The molecule has 26 heavy (non-hydrogen) atoms. The number of nitrogens with one attached hydrogen (secondary N) is 2. The standard InChI is InChI=1S/C18H24N4O4/c19-17(24)16(20-10-12-2-1-3-12)18(25)21-13-4-6-14(7-5-13)22-8-9-26-11-15(22)23/h4-7,12,16,20H,1-3,8-11H2,(H2,19,24)(H,21,25)/t16-/m1/s1. The number of hydrogen-bond donors (Lipinski definition) is 3. The Hall–Kier alpha value is -2.45. The van der Waals surface area contributed by atoms with E-state index in [-0.39, 0.29) is 12.5 Å². The number of carbonyl (C=O) groups is 3. The van der Waals surface area contributed by atoms with Crippen molar-refractivity contribution in [3.63, 3.8) is 0 Å². The van der Waals surface area contributed by atoms with E-state index in [2.05, 4.69) is 10.6 Å². The molecule has 1 saturated heterocycles. The zero-order chi connectivity index (χ0) is 18.5. The Morgan fingerprint density at radius 1 is 1.27 bits per heavy atom. The Balaban J connectivity index is 1.58. The predicted octanol–water partition coefficient (Wildman–Crippen LogP) is 0.232. The van der Waals surface area contributed by atoms with Crippen LogP contribution in [0.2, 0.25) is 0 Å². The van der Waals surface area contributed by atoms with Gasteiger partial charge in [-0.25, -0.2) is 0 Å². The molecule has 1 aromatic carbocycles. The number of morpholine rings is 1. The molecule has 0 bridgehead atoms. The van der Waals surface area contributed by atoms with Crippen molar-refractivity contribution in [2.45, 2.75) is 25.3 Å². The maximum Gasteiger partial charge on any atom is 0.253 e. The van der Waals surface area contributed by atoms with Gasteiger partial charge in [-0.2, -0.15) is 0 Å². The van der Waals surface area contributed by atoms with Gasteiger partial charge in [0.1, 0.15) is 6.61 Å². The fourth-order valence-electron chi connectivity index (χ4n) is 3.03. The Bertz CT molecular complexity index is 672. The van der Waals surface area contributed by atoms with Gasteiger partial charge < -0.3 is 20.7 Å². The number of rotatable bonds is 7. The first-order valence-electron chi connectivity index (χ1n) is 8.86. The van der Waals surface area contributed by atoms with E-state index >= 15 is 0 Å². The van der Waals surface area contributed by atoms with Crippen molar-refractivity contribution in [2.24, 2.45) is 11.7 Å². The van der Waals surface area contributed by atoms with Gasteiger partial charge in [-0.3, -0.25) is 19.7 Å². The minimum absolute atomic E-state index is 0.0748. The molecule has 1 aromatic rings. The fraction of sp³-hybridized carbons (Fsp3) is 0.500. The molecule has 1 saturated carbocycles. The summed E-state index contributed by atoms with van der Waals surface area (Å²) in [7, 11) is 0. The number of hydrogen-bond acceptors (Lipinski definition) is 5. The van der Waals surface area contributed by atoms with Gasteiger partial charge in [-0.1, -0.05) is 6.42 Å². The van der Waals surface area contributed by atoms with E-state index < -0.39 is 17.9 Å². The van der Waals surface area contributed by atoms with Gasteiger partial charge in [0, 0.05) is 17.9 Å². The van der Waals surface area contributed by atoms with Crippen molar-refractivity contribution < 1.29 is 19.1 Å². The molecule has 1 heterocycles. The SMILES string of the molecule is NC(=O)[C@@H](NCC1CCC1)C(=O)Nc1ccc(N2CCOCC2=O)cc1. The van der Waals surface area contributed by atoms with Crippen LogP contribution in [-0.2, 0) is 19.1 Å². The second kappa shape index (κ2) is 8.29. The molecule has 8 nitrogen and oxygen atoms in total. The molecule has 2 aliphatic rings. The average Bonchev–Trinajstić information content (AvgIpc) is 2.58. The van der Waals surface area contributed by atoms with Crippen LogP contribution in [0.15, 0.2) is 24.3 Å². The molecule has 140 valence electrons. The lowest BCUT2D eigenvalue weighted by atomic mass is 9.85. The van der Waals surface area contributed by atoms with E-state index in [0.717, 1.165) is 18.5 Å². The number of amides is 3. The Morgan fingerprint density at radius 3 is 2.58 bits per heavy atom. The van der Waals surface area contributed by atoms with Crippen molar-refractivity contribution in [3.05, 3.63) is 24.3 Å². The number of carbonyl (C=O) groups excluding carboxylic acids is 3. The Morgan fingerprint density at radius 2 is 2.00 bits per heavy atom. The third kappa shape index (κ3) is 4.39. The van der Waals surface area contributed by atoms with Crippen LogP contribution in [0.4, 0.5) is 11.4 Å². The van der Waals surface area contributed by atoms with Crippen LogP contribution in [0, 0.1) is 5.92 Å². The zero-order valence-corrected chi connectivity index (χ0v) is 14.6. The molecule has 3 rings (SSSR count). The molecule has 3 amide bonds. The van der Waals surface area contributed by atoms with Crippen LogP contribution < -0.4 is 21.3 Å². The summed E-state index contributed by atoms with van der Waals surface area (Å²) in [5.74, 6) is -0.763. The van der Waals surface area contributed by atoms with Crippen LogP contribution >= 0.6 is 0 Å². The lowest BCUT2D eigenvalue weighted by molar-refractivity contribution is -0.128. The van der Waals surface area contributed by atoms with Gasteiger partial charge in [-0.15, -0.1) is 0 Å². The molecule has 4 N–H and O–H groups in total. The summed E-state index contributed by atoms with van der Waals surface area (Å²) in [4.78, 5) is 37.4. The zero-order valence-electron chi connectivity index (χ0n) is 14.6. The van der Waals surface area contributed by atoms with Gasteiger partial charge in [0.2, 0.25) is 5.91 Å². The van der Waals surface area contributed by atoms with Crippen molar-refractivity contribution in [1.29, 1.82) is 0 Å². The van der Waals surface area contributed by atoms with Gasteiger partial charge in [0.15, 0.2) is 6.04 Å². The molecule has 0 unspecified atom stereocenters. The first kappa shape index (κ1) is 18.3. The van der Waals surface area contributed by atoms with E-state index in [4.69, 9.17) is 10.5 Å². The van der Waals surface area contributed by atoms with Crippen LogP contribution in [-0.4, -0.2) is 50.1 Å². The Labute approximate surface area is 152 Å². The normalized spacial score (nSPS) is 18.9. The monoisotopic (exact) mass is 360 g/mol. The highest BCUT2D eigenvalue weighted by atomic mass is 16.5. The fourth-order valence-corrected chi connectivity index (χ4v) is 3.03. The molecule has 1 aliphatic carbocycles. The molecule has 0 spiro atoms. The van der Waals surface area contributed by atoms with E-state index in [1.54, 1.807) is 29.2 Å². The van der Waals surface area contributed by atoms with Gasteiger partial charge >= 0.3 is 0 Å². The highest BCUT2D eigenvalue weighted by molar-refractivity contribution is 6.09. The molecular formula is C18H24N4O4. The molecule has 0 radical (unpaired) electrons. The smallest absolute Gasteiger partial charge is 0.253 e. The van der Waals surface area contributed by atoms with E-state index in [1.165, 1.54) is 6.42 Å². The van der Waals surface area contributed by atoms with Gasteiger partial charge in [-0.05, 0) is 49.6 Å². The summed E-state index contributed by atoms with van der Waals surface area (Å²) in [5.41, 5.74) is 6.64. The first-order valence-corrected chi connectivity index (χ1v) is 8.86. The van der Waals surface area contributed by atoms with Crippen molar-refractivity contribution in [3.8, 4) is 0 Å². The Kier molecular flexibility index (Phi) is 5.85. The number of benzene rings is 1. The van der Waals surface area contributed by atoms with Crippen molar-refractivity contribution in [2.75, 3.05) is 36.5 Å². The predicted molar refractivity (Wildman–Crippen MR) is 96.6 cm³/mol. The highest BCUT2D eigenvalue weighted by Gasteiger charge is 2.27. The number of ether oxygens (including phenoxy) is 1. The van der Waals surface area contributed by atoms with E-state index in [0.29, 0.717) is 31.3 Å². The largest absolute Gasteiger partial charge is 0.370 e. The average molecular weight is 360 g/mol. The number of anilines is 2. The summed E-state index contributed by atoms with van der Waals surface area (Å²) >= 11 is 0. The third-order valence-electron chi connectivity index (χ3n) is 4.81. The molecule has 1 atom stereocenters. The molecule has 8 heteroatoms. The number of nitrogens with zero attached hydrogens (tertiary/aromatic N) is 1. The maximum absolute atomic E-state index is 12.4. The molecule has 1 aliphatic heterocycles. The summed E-state index contributed by atoms with van der Waals surface area (Å²) in [5, 5.41) is 5.65. The van der Waals surface area contributed by atoms with E-state index in [9.17, 15) is 14.4 Å². The summed E-state index contributed by atoms with van der Waals surface area (Å²) in [6.45, 7) is 1.68. The second-order valence-corrected chi connectivity index (χ2v) is 6.67. The minimum Gasteiger partial charge on any atom is -0.370 e. The first-order chi connectivity index (χ1) is 12.5. The molecular weight excluding hydrogens is 336 g/mol. The van der Waals surface area contributed by atoms with Crippen LogP contribution in [0.3, 0.4) is 0 Å². The summed E-state index contributed by atoms with van der Waals surface area (Å²) in [6.07, 6.45) is 3.42. The van der Waals surface area contributed by atoms with Crippen LogP contribution in [0.5, 0.6) is 0 Å². The lowest BCUT2D eigenvalue weighted by Gasteiger charge is -2.27. The molecule has 0 aromatic heterocycles. The third-order valence-corrected chi connectivity index (χ3v) is 4.81. The maximum atomic E-state index is 12.4. The topological polar surface area (TPSA) is 114 Å². The number of nitrogens with two attached hydrogens (primary N) is 1. The number of primary amides is 1. The van der Waals surface area contributed by atoms with Crippen LogP contribution in [0.25, 0.3) is 0 Å². The van der Waals surface area contributed by atoms with Crippen molar-refractivity contribution in [1.82, 2.24) is 5.32 Å². The second-order valence-electron chi connectivity index (χ2n) is 6.67. The van der Waals surface area contributed by atoms with Gasteiger partial charge in [0.05, 0.1) is 6.61 Å². The highest BCUT2D eigenvalue weighted by Crippen LogP contribution is 2.25. The quantitative estimate of drug-likeness (QED) is 0.603. The molecule has 2 fully saturated rings. The lowest BCUT2D eigenvalue weighted by Crippen LogP contribution is -2.51.